The van der Waals surface area contributed by atoms with Crippen LogP contribution >= 0.6 is 0 Å². The fourth-order valence-electron chi connectivity index (χ4n) is 1.13. The molecule has 0 aromatic heterocycles. The highest BCUT2D eigenvalue weighted by Gasteiger charge is 2.21. The molecule has 0 saturated carbocycles. The predicted molar refractivity (Wildman–Crippen MR) is 32.8 cm³/mol. The van der Waals surface area contributed by atoms with Gasteiger partial charge >= 0.3 is 0 Å². The molecule has 1 aliphatic rings. The summed E-state index contributed by atoms with van der Waals surface area (Å²) in [6.07, 6.45) is 2.94. The van der Waals surface area contributed by atoms with Crippen LogP contribution in [0.5, 0.6) is 0 Å². The van der Waals surface area contributed by atoms with Crippen LogP contribution in [0.15, 0.2) is 0 Å². The Hall–Kier alpha value is -0.570. The molecule has 0 aliphatic carbocycles. The smallest absolute Gasteiger partial charge is 0.211 e. The molecule has 1 rings (SSSR count). The summed E-state index contributed by atoms with van der Waals surface area (Å²) in [4.78, 5) is 11.9. The molecule has 0 spiro atoms. The van der Waals surface area contributed by atoms with Crippen LogP contribution in [-0.4, -0.2) is 31.2 Å². The number of rotatable bonds is 2. The summed E-state index contributed by atoms with van der Waals surface area (Å²) in [7, 11) is 1.63. The van der Waals surface area contributed by atoms with E-state index in [1.54, 1.807) is 12.0 Å². The van der Waals surface area contributed by atoms with E-state index in [9.17, 15) is 4.79 Å². The van der Waals surface area contributed by atoms with Crippen molar-refractivity contribution in [3.05, 3.63) is 0 Å². The molecule has 1 heterocycles. The third kappa shape index (κ3) is 1.21. The molecule has 0 radical (unpaired) electrons. The number of hydrogen-bond donors (Lipinski definition) is 0. The molecule has 1 fully saturated rings. The van der Waals surface area contributed by atoms with Crippen molar-refractivity contribution in [1.29, 1.82) is 0 Å². The first-order valence-corrected chi connectivity index (χ1v) is 3.12. The van der Waals surface area contributed by atoms with E-state index < -0.39 is 0 Å². The normalized spacial score (nSPS) is 26.8. The molecule has 1 aliphatic heterocycles. The van der Waals surface area contributed by atoms with Gasteiger partial charge in [0.2, 0.25) is 6.41 Å². The van der Waals surface area contributed by atoms with Gasteiger partial charge in [-0.25, -0.2) is 0 Å². The van der Waals surface area contributed by atoms with E-state index in [-0.39, 0.29) is 6.23 Å². The minimum absolute atomic E-state index is 0.0440. The average Bonchev–Trinajstić information content (AvgIpc) is 2.33. The lowest BCUT2D eigenvalue weighted by atomic mass is 10.4. The zero-order chi connectivity index (χ0) is 6.69. The molecule has 0 aromatic carbocycles. The van der Waals surface area contributed by atoms with Crippen molar-refractivity contribution in [2.75, 3.05) is 13.7 Å². The van der Waals surface area contributed by atoms with Crippen molar-refractivity contribution in [1.82, 2.24) is 4.90 Å². The van der Waals surface area contributed by atoms with E-state index in [0.717, 1.165) is 25.8 Å². The first-order valence-electron chi connectivity index (χ1n) is 3.12. The molecular formula is C6H11NO2. The van der Waals surface area contributed by atoms with Gasteiger partial charge in [-0.1, -0.05) is 0 Å². The van der Waals surface area contributed by atoms with Gasteiger partial charge in [0.25, 0.3) is 0 Å². The molecule has 1 atom stereocenters. The summed E-state index contributed by atoms with van der Waals surface area (Å²) in [5, 5.41) is 0. The van der Waals surface area contributed by atoms with Gasteiger partial charge in [0.15, 0.2) is 0 Å². The first-order chi connectivity index (χ1) is 4.38. The highest BCUT2D eigenvalue weighted by atomic mass is 16.5. The molecule has 0 bridgehead atoms. The second-order valence-corrected chi connectivity index (χ2v) is 2.18. The largest absolute Gasteiger partial charge is 0.362 e. The lowest BCUT2D eigenvalue weighted by molar-refractivity contribution is -0.126. The van der Waals surface area contributed by atoms with Gasteiger partial charge < -0.3 is 9.64 Å². The minimum Gasteiger partial charge on any atom is -0.362 e. The number of ether oxygens (including phenoxy) is 1. The van der Waals surface area contributed by atoms with E-state index in [2.05, 4.69) is 0 Å². The summed E-state index contributed by atoms with van der Waals surface area (Å²) in [6.45, 7) is 0.849. The minimum atomic E-state index is 0.0440. The molecule has 3 heteroatoms. The fraction of sp³-hybridized carbons (Fsp3) is 0.833. The van der Waals surface area contributed by atoms with Gasteiger partial charge in [-0.05, 0) is 12.8 Å². The van der Waals surface area contributed by atoms with Gasteiger partial charge in [0.05, 0.1) is 0 Å². The van der Waals surface area contributed by atoms with Gasteiger partial charge in [0.1, 0.15) is 6.23 Å². The highest BCUT2D eigenvalue weighted by Crippen LogP contribution is 2.14. The summed E-state index contributed by atoms with van der Waals surface area (Å²) in [5.74, 6) is 0. The van der Waals surface area contributed by atoms with Crippen LogP contribution in [0.1, 0.15) is 12.8 Å². The Morgan fingerprint density at radius 1 is 1.78 bits per heavy atom. The van der Waals surface area contributed by atoms with E-state index in [1.165, 1.54) is 0 Å². The number of amides is 1. The topological polar surface area (TPSA) is 29.5 Å². The van der Waals surface area contributed by atoms with E-state index >= 15 is 0 Å². The maximum absolute atomic E-state index is 10.2. The number of methoxy groups -OCH3 is 1. The standard InChI is InChI=1S/C6H11NO2/c1-9-6-3-2-4-7(6)5-8/h5-6H,2-4H2,1H3. The van der Waals surface area contributed by atoms with Crippen LogP contribution in [0.4, 0.5) is 0 Å². The number of carbonyl (C=O) groups excluding carboxylic acids is 1. The zero-order valence-corrected chi connectivity index (χ0v) is 5.54. The number of likely N-dealkylation sites (tertiary alicyclic amines) is 1. The highest BCUT2D eigenvalue weighted by molar-refractivity contribution is 5.47. The van der Waals surface area contributed by atoms with Crippen LogP contribution < -0.4 is 0 Å². The van der Waals surface area contributed by atoms with Crippen LogP contribution in [0.3, 0.4) is 0 Å². The zero-order valence-electron chi connectivity index (χ0n) is 5.54. The van der Waals surface area contributed by atoms with Gasteiger partial charge in [0, 0.05) is 13.7 Å². The third-order valence-electron chi connectivity index (χ3n) is 1.64. The summed E-state index contributed by atoms with van der Waals surface area (Å²) < 4.78 is 5.01. The molecule has 9 heavy (non-hydrogen) atoms. The Morgan fingerprint density at radius 3 is 3.00 bits per heavy atom. The maximum Gasteiger partial charge on any atom is 0.211 e. The summed E-state index contributed by atoms with van der Waals surface area (Å²) in [6, 6.07) is 0. The quantitative estimate of drug-likeness (QED) is 0.499. The van der Waals surface area contributed by atoms with Crippen LogP contribution in [0.25, 0.3) is 0 Å². The predicted octanol–water partition coefficient (Wildman–Crippen LogP) is 0.211. The summed E-state index contributed by atoms with van der Waals surface area (Å²) in [5.41, 5.74) is 0. The van der Waals surface area contributed by atoms with Crippen molar-refractivity contribution < 1.29 is 9.53 Å². The fourth-order valence-corrected chi connectivity index (χ4v) is 1.13. The molecule has 1 unspecified atom stereocenters. The SMILES string of the molecule is COC1CCCN1C=O. The molecule has 3 nitrogen and oxygen atoms in total. The van der Waals surface area contributed by atoms with Crippen molar-refractivity contribution in [2.45, 2.75) is 19.1 Å². The van der Waals surface area contributed by atoms with Crippen molar-refractivity contribution in [3.8, 4) is 0 Å². The molecule has 0 N–H and O–H groups in total. The number of carbonyl (C=O) groups is 1. The molecular weight excluding hydrogens is 118 g/mol. The lowest BCUT2D eigenvalue weighted by Gasteiger charge is -2.16. The molecule has 52 valence electrons. The maximum atomic E-state index is 10.2. The van der Waals surface area contributed by atoms with E-state index in [1.807, 2.05) is 0 Å². The van der Waals surface area contributed by atoms with Gasteiger partial charge in [-0.2, -0.15) is 0 Å². The summed E-state index contributed by atoms with van der Waals surface area (Å²) >= 11 is 0. The van der Waals surface area contributed by atoms with Crippen molar-refractivity contribution in [2.24, 2.45) is 0 Å². The van der Waals surface area contributed by atoms with Crippen molar-refractivity contribution >= 4 is 6.41 Å². The first kappa shape index (κ1) is 6.55. The molecule has 1 amide bonds. The third-order valence-corrected chi connectivity index (χ3v) is 1.64. The second kappa shape index (κ2) is 2.82. The lowest BCUT2D eigenvalue weighted by Crippen LogP contribution is -2.28. The Bertz CT molecular complexity index is 105. The Balaban J connectivity index is 2.41. The van der Waals surface area contributed by atoms with Gasteiger partial charge in [-0.3, -0.25) is 4.79 Å². The van der Waals surface area contributed by atoms with E-state index in [0.29, 0.717) is 0 Å². The molecule has 0 aromatic rings. The van der Waals surface area contributed by atoms with Crippen LogP contribution in [0, 0.1) is 0 Å². The van der Waals surface area contributed by atoms with Gasteiger partial charge in [-0.15, -0.1) is 0 Å². The van der Waals surface area contributed by atoms with E-state index in [4.69, 9.17) is 4.74 Å². The second-order valence-electron chi connectivity index (χ2n) is 2.18. The van der Waals surface area contributed by atoms with Crippen molar-refractivity contribution in [3.63, 3.8) is 0 Å². The monoisotopic (exact) mass is 129 g/mol. The van der Waals surface area contributed by atoms with Crippen LogP contribution in [-0.2, 0) is 9.53 Å². The van der Waals surface area contributed by atoms with Crippen LogP contribution in [0.2, 0.25) is 0 Å². The average molecular weight is 129 g/mol. The Labute approximate surface area is 54.6 Å². The number of hydrogen-bond acceptors (Lipinski definition) is 2. The Morgan fingerprint density at radius 2 is 2.56 bits per heavy atom. The number of nitrogens with zero attached hydrogens (tertiary/aromatic N) is 1. The Kier molecular flexibility index (Phi) is 2.05. The molecule has 1 saturated heterocycles.